The van der Waals surface area contributed by atoms with Crippen molar-refractivity contribution in [3.8, 4) is 5.75 Å². The number of nitrogens with zero attached hydrogens (tertiary/aromatic N) is 2. The molecule has 1 N–H and O–H groups in total. The minimum atomic E-state index is -0.549. The number of carbonyl (C=O) groups excluding carboxylic acids is 2. The molecule has 0 fully saturated rings. The van der Waals surface area contributed by atoms with Gasteiger partial charge in [-0.25, -0.2) is 0 Å². The summed E-state index contributed by atoms with van der Waals surface area (Å²) in [5.74, 6) is 0.308. The number of hydrogen-bond acceptors (Lipinski definition) is 4. The Morgan fingerprint density at radius 3 is 2.62 bits per heavy atom. The molecule has 0 radical (unpaired) electrons. The zero-order valence-corrected chi connectivity index (χ0v) is 17.4. The van der Waals surface area contributed by atoms with Gasteiger partial charge in [0, 0.05) is 25.3 Å². The van der Waals surface area contributed by atoms with Crippen LogP contribution < -0.4 is 19.9 Å². The Hall–Kier alpha value is -3.02. The molecule has 2 amide bonds. The van der Waals surface area contributed by atoms with E-state index in [1.807, 2.05) is 50.2 Å². The van der Waals surface area contributed by atoms with E-state index in [0.29, 0.717) is 30.9 Å². The van der Waals surface area contributed by atoms with Crippen LogP contribution in [0.1, 0.15) is 25.8 Å². The van der Waals surface area contributed by atoms with E-state index in [2.05, 4.69) is 29.3 Å². The maximum atomic E-state index is 12.8. The van der Waals surface area contributed by atoms with Crippen LogP contribution in [-0.2, 0) is 9.59 Å². The molecule has 0 saturated carbocycles. The Bertz CT molecular complexity index is 854. The summed E-state index contributed by atoms with van der Waals surface area (Å²) in [5, 5.41) is 2.95. The van der Waals surface area contributed by atoms with E-state index in [4.69, 9.17) is 4.74 Å². The van der Waals surface area contributed by atoms with Gasteiger partial charge >= 0.3 is 0 Å². The fourth-order valence-electron chi connectivity index (χ4n) is 3.49. The summed E-state index contributed by atoms with van der Waals surface area (Å²) < 4.78 is 5.81. The quantitative estimate of drug-likeness (QED) is 0.746. The van der Waals surface area contributed by atoms with Crippen LogP contribution in [0.25, 0.3) is 0 Å². The topological polar surface area (TPSA) is 61.9 Å². The van der Waals surface area contributed by atoms with Crippen LogP contribution in [0.4, 0.5) is 11.4 Å². The van der Waals surface area contributed by atoms with E-state index < -0.39 is 6.10 Å². The van der Waals surface area contributed by atoms with Crippen molar-refractivity contribution in [1.29, 1.82) is 0 Å². The third-order valence-corrected chi connectivity index (χ3v) is 5.10. The monoisotopic (exact) mass is 395 g/mol. The SMILES string of the molecule is CC[C@@H]1Oc2ccc(C)cc2N(CC(=O)NCCN(CC)c2ccccc2)C1=O. The average Bonchev–Trinajstić information content (AvgIpc) is 2.74. The van der Waals surface area contributed by atoms with Crippen LogP contribution in [-0.4, -0.2) is 44.1 Å². The Morgan fingerprint density at radius 1 is 1.17 bits per heavy atom. The number of carbonyl (C=O) groups is 2. The number of ether oxygens (including phenoxy) is 1. The molecule has 29 heavy (non-hydrogen) atoms. The number of rotatable bonds is 8. The van der Waals surface area contributed by atoms with Gasteiger partial charge in [0.25, 0.3) is 5.91 Å². The lowest BCUT2D eigenvalue weighted by atomic mass is 10.1. The van der Waals surface area contributed by atoms with Crippen molar-refractivity contribution in [2.75, 3.05) is 36.0 Å². The van der Waals surface area contributed by atoms with Gasteiger partial charge in [-0.2, -0.15) is 0 Å². The Balaban J connectivity index is 1.62. The predicted octanol–water partition coefficient (Wildman–Crippen LogP) is 3.14. The minimum Gasteiger partial charge on any atom is -0.478 e. The molecular formula is C23H29N3O3. The van der Waals surface area contributed by atoms with E-state index in [1.165, 1.54) is 0 Å². The van der Waals surface area contributed by atoms with Crippen molar-refractivity contribution >= 4 is 23.2 Å². The van der Waals surface area contributed by atoms with Crippen molar-refractivity contribution in [2.24, 2.45) is 0 Å². The van der Waals surface area contributed by atoms with E-state index >= 15 is 0 Å². The van der Waals surface area contributed by atoms with E-state index in [-0.39, 0.29) is 18.4 Å². The number of likely N-dealkylation sites (N-methyl/N-ethyl adjacent to an activating group) is 1. The summed E-state index contributed by atoms with van der Waals surface area (Å²) in [6.45, 7) is 8.01. The highest BCUT2D eigenvalue weighted by molar-refractivity contribution is 6.03. The second-order valence-electron chi connectivity index (χ2n) is 7.18. The highest BCUT2D eigenvalue weighted by Gasteiger charge is 2.34. The van der Waals surface area contributed by atoms with Crippen LogP contribution in [0.15, 0.2) is 48.5 Å². The summed E-state index contributed by atoms with van der Waals surface area (Å²) in [5.41, 5.74) is 2.80. The fourth-order valence-corrected chi connectivity index (χ4v) is 3.49. The maximum absolute atomic E-state index is 12.8. The molecule has 3 rings (SSSR count). The van der Waals surface area contributed by atoms with Gasteiger partial charge < -0.3 is 15.0 Å². The standard InChI is InChI=1S/C23H29N3O3/c1-4-20-23(28)26(19-15-17(3)11-12-21(19)29-20)16-22(27)24-13-14-25(5-2)18-9-7-6-8-10-18/h6-12,15,20H,4-5,13-14,16H2,1-3H3,(H,24,27)/t20-/m0/s1. The summed E-state index contributed by atoms with van der Waals surface area (Å²) in [6, 6.07) is 15.8. The fraction of sp³-hybridized carbons (Fsp3) is 0.391. The van der Waals surface area contributed by atoms with Gasteiger partial charge in [0.1, 0.15) is 12.3 Å². The molecule has 0 spiro atoms. The number of hydrogen-bond donors (Lipinski definition) is 1. The first-order chi connectivity index (χ1) is 14.0. The third-order valence-electron chi connectivity index (χ3n) is 5.10. The molecule has 154 valence electrons. The van der Waals surface area contributed by atoms with Gasteiger partial charge in [0.15, 0.2) is 6.10 Å². The molecule has 2 aromatic carbocycles. The second-order valence-corrected chi connectivity index (χ2v) is 7.18. The zero-order valence-electron chi connectivity index (χ0n) is 17.4. The highest BCUT2D eigenvalue weighted by Crippen LogP contribution is 2.35. The van der Waals surface area contributed by atoms with Gasteiger partial charge in [-0.05, 0) is 50.1 Å². The number of aryl methyl sites for hydroxylation is 1. The normalized spacial score (nSPS) is 15.5. The third kappa shape index (κ3) is 4.88. The maximum Gasteiger partial charge on any atom is 0.268 e. The molecule has 0 aromatic heterocycles. The number of para-hydroxylation sites is 1. The van der Waals surface area contributed by atoms with Gasteiger partial charge in [0.2, 0.25) is 5.91 Å². The van der Waals surface area contributed by atoms with Crippen molar-refractivity contribution in [1.82, 2.24) is 5.32 Å². The van der Waals surface area contributed by atoms with Crippen LogP contribution >= 0.6 is 0 Å². The van der Waals surface area contributed by atoms with E-state index in [9.17, 15) is 9.59 Å². The summed E-state index contributed by atoms with van der Waals surface area (Å²) in [6.07, 6.45) is 0.0129. The number of amides is 2. The van der Waals surface area contributed by atoms with Gasteiger partial charge in [-0.1, -0.05) is 31.2 Å². The number of benzene rings is 2. The average molecular weight is 396 g/mol. The highest BCUT2D eigenvalue weighted by atomic mass is 16.5. The predicted molar refractivity (Wildman–Crippen MR) is 116 cm³/mol. The lowest BCUT2D eigenvalue weighted by Crippen LogP contribution is -2.50. The second kappa shape index (κ2) is 9.45. The number of nitrogens with one attached hydrogen (secondary N) is 1. The largest absolute Gasteiger partial charge is 0.478 e. The summed E-state index contributed by atoms with van der Waals surface area (Å²) >= 11 is 0. The number of anilines is 2. The molecule has 1 aliphatic heterocycles. The Labute approximate surface area is 172 Å². The first kappa shape index (κ1) is 20.7. The van der Waals surface area contributed by atoms with E-state index in [0.717, 1.165) is 17.8 Å². The Kier molecular flexibility index (Phi) is 6.75. The molecule has 1 heterocycles. The molecule has 0 unspecified atom stereocenters. The summed E-state index contributed by atoms with van der Waals surface area (Å²) in [7, 11) is 0. The van der Waals surface area contributed by atoms with Crippen LogP contribution in [0.3, 0.4) is 0 Å². The van der Waals surface area contributed by atoms with Gasteiger partial charge in [-0.3, -0.25) is 14.5 Å². The molecular weight excluding hydrogens is 366 g/mol. The lowest BCUT2D eigenvalue weighted by molar-refractivity contribution is -0.129. The number of fused-ring (bicyclic) bond motifs is 1. The van der Waals surface area contributed by atoms with Crippen LogP contribution in [0.5, 0.6) is 5.75 Å². The molecule has 0 saturated heterocycles. The smallest absolute Gasteiger partial charge is 0.268 e. The van der Waals surface area contributed by atoms with Crippen molar-refractivity contribution in [3.05, 3.63) is 54.1 Å². The van der Waals surface area contributed by atoms with Crippen molar-refractivity contribution < 1.29 is 14.3 Å². The Morgan fingerprint density at radius 2 is 1.93 bits per heavy atom. The lowest BCUT2D eigenvalue weighted by Gasteiger charge is -2.34. The van der Waals surface area contributed by atoms with Crippen molar-refractivity contribution in [3.63, 3.8) is 0 Å². The molecule has 6 heteroatoms. The van der Waals surface area contributed by atoms with Gasteiger partial charge in [-0.15, -0.1) is 0 Å². The first-order valence-corrected chi connectivity index (χ1v) is 10.2. The van der Waals surface area contributed by atoms with E-state index in [1.54, 1.807) is 4.90 Å². The molecule has 0 aliphatic carbocycles. The van der Waals surface area contributed by atoms with Crippen LogP contribution in [0.2, 0.25) is 0 Å². The van der Waals surface area contributed by atoms with Crippen molar-refractivity contribution in [2.45, 2.75) is 33.3 Å². The molecule has 0 bridgehead atoms. The minimum absolute atomic E-state index is 0.00733. The zero-order chi connectivity index (χ0) is 20.8. The molecule has 1 atom stereocenters. The first-order valence-electron chi connectivity index (χ1n) is 10.2. The molecule has 2 aromatic rings. The van der Waals surface area contributed by atoms with Crippen LogP contribution in [0, 0.1) is 6.92 Å². The molecule has 1 aliphatic rings. The van der Waals surface area contributed by atoms with Gasteiger partial charge in [0.05, 0.1) is 5.69 Å². The molecule has 6 nitrogen and oxygen atoms in total. The summed E-state index contributed by atoms with van der Waals surface area (Å²) in [4.78, 5) is 29.1.